The number of aliphatic carboxylic acids is 1. The highest BCUT2D eigenvalue weighted by Gasteiger charge is 2.11. The number of carboxylic acid groups (broad SMARTS) is 1. The summed E-state index contributed by atoms with van der Waals surface area (Å²) in [6.45, 7) is 2.62. The minimum absolute atomic E-state index is 0.297. The quantitative estimate of drug-likeness (QED) is 0.742. The third-order valence-electron chi connectivity index (χ3n) is 2.64. The van der Waals surface area contributed by atoms with Gasteiger partial charge < -0.3 is 10.8 Å². The molecule has 3 N–H and O–H groups in total. The standard InChI is InChI=1S/C14H19NO2/c1-11(7-8-15)9-13(14(16)17)10-12-5-3-2-4-6-12/h2-6,10-11H,7-9,15H2,1H3,(H,16,17). The molecule has 0 aliphatic rings. The van der Waals surface area contributed by atoms with Gasteiger partial charge in [-0.1, -0.05) is 37.3 Å². The van der Waals surface area contributed by atoms with Crippen LogP contribution in [0, 0.1) is 5.92 Å². The van der Waals surface area contributed by atoms with Crippen LogP contribution in [0.1, 0.15) is 25.3 Å². The van der Waals surface area contributed by atoms with Crippen LogP contribution in [-0.4, -0.2) is 17.6 Å². The first-order valence-electron chi connectivity index (χ1n) is 5.82. The van der Waals surface area contributed by atoms with Crippen molar-refractivity contribution in [2.75, 3.05) is 6.54 Å². The second kappa shape index (κ2) is 6.86. The van der Waals surface area contributed by atoms with E-state index in [0.29, 0.717) is 24.5 Å². The minimum Gasteiger partial charge on any atom is -0.478 e. The largest absolute Gasteiger partial charge is 0.478 e. The summed E-state index contributed by atoms with van der Waals surface area (Å²) in [5.41, 5.74) is 6.83. The number of hydrogen-bond donors (Lipinski definition) is 2. The van der Waals surface area contributed by atoms with Crippen molar-refractivity contribution in [2.45, 2.75) is 19.8 Å². The van der Waals surface area contributed by atoms with Crippen LogP contribution in [0.5, 0.6) is 0 Å². The molecule has 0 aliphatic carbocycles. The maximum Gasteiger partial charge on any atom is 0.331 e. The summed E-state index contributed by atoms with van der Waals surface area (Å²) in [5.74, 6) is -0.552. The molecule has 17 heavy (non-hydrogen) atoms. The molecule has 3 nitrogen and oxygen atoms in total. The predicted molar refractivity (Wildman–Crippen MR) is 69.5 cm³/mol. The zero-order chi connectivity index (χ0) is 12.7. The van der Waals surface area contributed by atoms with E-state index < -0.39 is 5.97 Å². The summed E-state index contributed by atoms with van der Waals surface area (Å²) >= 11 is 0. The van der Waals surface area contributed by atoms with Gasteiger partial charge in [-0.05, 0) is 36.9 Å². The molecule has 0 saturated carbocycles. The molecule has 1 rings (SSSR count). The zero-order valence-electron chi connectivity index (χ0n) is 10.1. The lowest BCUT2D eigenvalue weighted by molar-refractivity contribution is -0.132. The molecule has 0 amide bonds. The highest BCUT2D eigenvalue weighted by Crippen LogP contribution is 2.17. The van der Waals surface area contributed by atoms with E-state index in [9.17, 15) is 4.79 Å². The summed E-state index contributed by atoms with van der Waals surface area (Å²) in [7, 11) is 0. The Bertz CT molecular complexity index is 384. The molecule has 1 aromatic carbocycles. The van der Waals surface area contributed by atoms with E-state index >= 15 is 0 Å². The van der Waals surface area contributed by atoms with Gasteiger partial charge in [0.1, 0.15) is 0 Å². The number of nitrogens with two attached hydrogens (primary N) is 1. The van der Waals surface area contributed by atoms with E-state index in [1.807, 2.05) is 37.3 Å². The molecule has 1 atom stereocenters. The van der Waals surface area contributed by atoms with E-state index in [2.05, 4.69) is 0 Å². The van der Waals surface area contributed by atoms with Crippen molar-refractivity contribution in [1.82, 2.24) is 0 Å². The Kier molecular flexibility index (Phi) is 5.43. The predicted octanol–water partition coefficient (Wildman–Crippen LogP) is 2.53. The Hall–Kier alpha value is -1.61. The smallest absolute Gasteiger partial charge is 0.331 e. The number of rotatable bonds is 6. The van der Waals surface area contributed by atoms with Gasteiger partial charge in [-0.15, -0.1) is 0 Å². The topological polar surface area (TPSA) is 63.3 Å². The first-order valence-corrected chi connectivity index (χ1v) is 5.82. The zero-order valence-corrected chi connectivity index (χ0v) is 10.1. The molecule has 0 spiro atoms. The molecule has 0 aliphatic heterocycles. The van der Waals surface area contributed by atoms with Gasteiger partial charge in [0.25, 0.3) is 0 Å². The molecule has 92 valence electrons. The summed E-state index contributed by atoms with van der Waals surface area (Å²) in [5, 5.41) is 9.15. The van der Waals surface area contributed by atoms with Crippen LogP contribution in [0.25, 0.3) is 6.08 Å². The molecular weight excluding hydrogens is 214 g/mol. The lowest BCUT2D eigenvalue weighted by Crippen LogP contribution is -2.10. The summed E-state index contributed by atoms with van der Waals surface area (Å²) < 4.78 is 0. The fraction of sp³-hybridized carbons (Fsp3) is 0.357. The van der Waals surface area contributed by atoms with Crippen LogP contribution < -0.4 is 5.73 Å². The Morgan fingerprint density at radius 3 is 2.59 bits per heavy atom. The molecular formula is C14H19NO2. The van der Waals surface area contributed by atoms with Crippen LogP contribution in [0.4, 0.5) is 0 Å². The van der Waals surface area contributed by atoms with E-state index in [0.717, 1.165) is 12.0 Å². The molecule has 3 heteroatoms. The first-order chi connectivity index (χ1) is 8.13. The van der Waals surface area contributed by atoms with Gasteiger partial charge in [0.05, 0.1) is 0 Å². The van der Waals surface area contributed by atoms with Crippen LogP contribution >= 0.6 is 0 Å². The molecule has 0 bridgehead atoms. The van der Waals surface area contributed by atoms with Gasteiger partial charge in [-0.25, -0.2) is 4.79 Å². The van der Waals surface area contributed by atoms with Crippen molar-refractivity contribution in [3.63, 3.8) is 0 Å². The van der Waals surface area contributed by atoms with E-state index in [4.69, 9.17) is 10.8 Å². The molecule has 0 saturated heterocycles. The maximum absolute atomic E-state index is 11.1. The molecule has 0 heterocycles. The van der Waals surface area contributed by atoms with Gasteiger partial charge in [0.15, 0.2) is 0 Å². The average molecular weight is 233 g/mol. The molecule has 0 aromatic heterocycles. The Balaban J connectivity index is 2.79. The normalized spacial score (nSPS) is 13.4. The van der Waals surface area contributed by atoms with Gasteiger partial charge >= 0.3 is 5.97 Å². The number of hydrogen-bond acceptors (Lipinski definition) is 2. The van der Waals surface area contributed by atoms with Crippen LogP contribution in [0.3, 0.4) is 0 Å². The van der Waals surface area contributed by atoms with Crippen molar-refractivity contribution in [3.8, 4) is 0 Å². The van der Waals surface area contributed by atoms with E-state index in [1.54, 1.807) is 6.08 Å². The molecule has 0 radical (unpaired) electrons. The van der Waals surface area contributed by atoms with E-state index in [-0.39, 0.29) is 0 Å². The van der Waals surface area contributed by atoms with Gasteiger partial charge in [0.2, 0.25) is 0 Å². The third kappa shape index (κ3) is 4.83. The molecule has 1 aromatic rings. The Labute approximate surface area is 102 Å². The number of carbonyl (C=O) groups is 1. The van der Waals surface area contributed by atoms with E-state index in [1.165, 1.54) is 0 Å². The van der Waals surface area contributed by atoms with Crippen molar-refractivity contribution >= 4 is 12.0 Å². The minimum atomic E-state index is -0.849. The Morgan fingerprint density at radius 1 is 1.41 bits per heavy atom. The van der Waals surface area contributed by atoms with Crippen LogP contribution in [0.2, 0.25) is 0 Å². The van der Waals surface area contributed by atoms with Crippen molar-refractivity contribution < 1.29 is 9.90 Å². The number of carboxylic acids is 1. The highest BCUT2D eigenvalue weighted by molar-refractivity contribution is 5.92. The average Bonchev–Trinajstić information content (AvgIpc) is 2.29. The van der Waals surface area contributed by atoms with Crippen LogP contribution in [-0.2, 0) is 4.79 Å². The fourth-order valence-corrected chi connectivity index (χ4v) is 1.72. The highest BCUT2D eigenvalue weighted by atomic mass is 16.4. The second-order valence-electron chi connectivity index (χ2n) is 4.27. The van der Waals surface area contributed by atoms with Crippen molar-refractivity contribution in [3.05, 3.63) is 41.5 Å². The third-order valence-corrected chi connectivity index (χ3v) is 2.64. The maximum atomic E-state index is 11.1. The summed E-state index contributed by atoms with van der Waals surface area (Å²) in [6.07, 6.45) is 3.14. The summed E-state index contributed by atoms with van der Waals surface area (Å²) in [4.78, 5) is 11.1. The van der Waals surface area contributed by atoms with Gasteiger partial charge in [-0.2, -0.15) is 0 Å². The monoisotopic (exact) mass is 233 g/mol. The number of benzene rings is 1. The molecule has 1 unspecified atom stereocenters. The van der Waals surface area contributed by atoms with Gasteiger partial charge in [-0.3, -0.25) is 0 Å². The second-order valence-corrected chi connectivity index (χ2v) is 4.27. The molecule has 0 fully saturated rings. The fourth-order valence-electron chi connectivity index (χ4n) is 1.72. The lowest BCUT2D eigenvalue weighted by Gasteiger charge is -2.10. The van der Waals surface area contributed by atoms with Gasteiger partial charge in [0, 0.05) is 5.57 Å². The van der Waals surface area contributed by atoms with Crippen LogP contribution in [0.15, 0.2) is 35.9 Å². The van der Waals surface area contributed by atoms with Crippen molar-refractivity contribution in [1.29, 1.82) is 0 Å². The Morgan fingerprint density at radius 2 is 2.06 bits per heavy atom. The summed E-state index contributed by atoms with van der Waals surface area (Å²) in [6, 6.07) is 9.51. The first kappa shape index (κ1) is 13.5. The SMILES string of the molecule is CC(CCN)CC(=Cc1ccccc1)C(=O)O. The lowest BCUT2D eigenvalue weighted by atomic mass is 9.96. The van der Waals surface area contributed by atoms with Crippen molar-refractivity contribution in [2.24, 2.45) is 11.7 Å².